The first kappa shape index (κ1) is 38.7. The molecule has 0 aromatic heterocycles. The molecule has 5 rings (SSSR count). The van der Waals surface area contributed by atoms with Gasteiger partial charge in [-0.3, -0.25) is 0 Å². The first-order valence-electron chi connectivity index (χ1n) is 16.5. The summed E-state index contributed by atoms with van der Waals surface area (Å²) in [5, 5.41) is 69.4. The zero-order valence-electron chi connectivity index (χ0n) is 27.6. The Morgan fingerprint density at radius 3 is 1.98 bits per heavy atom. The molecule has 3 heterocycles. The van der Waals surface area contributed by atoms with Crippen molar-refractivity contribution in [2.75, 3.05) is 20.2 Å². The summed E-state index contributed by atoms with van der Waals surface area (Å²) in [5.74, 6) is -1.05. The third-order valence-corrected chi connectivity index (χ3v) is 10.7. The van der Waals surface area contributed by atoms with Crippen LogP contribution in [0.2, 0.25) is 0 Å². The van der Waals surface area contributed by atoms with Gasteiger partial charge in [0, 0.05) is 51.0 Å². The Hall–Kier alpha value is -3.53. The van der Waals surface area contributed by atoms with Gasteiger partial charge in [-0.15, -0.1) is 0 Å². The lowest BCUT2D eigenvalue weighted by Gasteiger charge is -2.49. The van der Waals surface area contributed by atoms with Crippen molar-refractivity contribution in [2.24, 2.45) is 32.1 Å². The number of nitrogens with two attached hydrogens (primary N) is 1. The predicted molar refractivity (Wildman–Crippen MR) is 170 cm³/mol. The molecule has 3 saturated heterocycles. The molecule has 5 fully saturated rings. The first-order valence-corrected chi connectivity index (χ1v) is 16.5. The van der Waals surface area contributed by atoms with Gasteiger partial charge in [0.2, 0.25) is 0 Å². The lowest BCUT2D eigenvalue weighted by Crippen LogP contribution is -2.62. The fourth-order valence-electron chi connectivity index (χ4n) is 7.85. The van der Waals surface area contributed by atoms with Gasteiger partial charge >= 0.3 is 0 Å². The van der Waals surface area contributed by atoms with Gasteiger partial charge in [0.15, 0.2) is 18.1 Å². The summed E-state index contributed by atoms with van der Waals surface area (Å²) in [6.07, 6.45) is -14.1. The van der Waals surface area contributed by atoms with E-state index in [1.54, 1.807) is 0 Å². The summed E-state index contributed by atoms with van der Waals surface area (Å²) < 4.78 is 32.1. The highest BCUT2D eigenvalue weighted by molar-refractivity contribution is 5.19. The third-order valence-electron chi connectivity index (χ3n) is 10.7. The van der Waals surface area contributed by atoms with Gasteiger partial charge in [-0.2, -0.15) is 0 Å². The summed E-state index contributed by atoms with van der Waals surface area (Å²) in [5.41, 5.74) is 42.7. The minimum Gasteiger partial charge on any atom is -0.394 e. The van der Waals surface area contributed by atoms with Crippen LogP contribution in [-0.2, 0) is 23.7 Å². The van der Waals surface area contributed by atoms with Crippen LogP contribution in [0.1, 0.15) is 32.1 Å². The molecule has 0 spiro atoms. The van der Waals surface area contributed by atoms with Crippen LogP contribution in [0, 0.1) is 5.92 Å². The van der Waals surface area contributed by atoms with Crippen molar-refractivity contribution in [1.29, 1.82) is 0 Å². The van der Waals surface area contributed by atoms with Crippen molar-refractivity contribution in [1.82, 2.24) is 0 Å². The van der Waals surface area contributed by atoms with Gasteiger partial charge in [-0.1, -0.05) is 20.5 Å². The van der Waals surface area contributed by atoms with Crippen molar-refractivity contribution >= 4 is 6.72 Å². The van der Waals surface area contributed by atoms with Gasteiger partial charge in [0.05, 0.1) is 43.1 Å². The average molecular weight is 724 g/mol. The van der Waals surface area contributed by atoms with Crippen LogP contribution >= 0.6 is 0 Å². The quantitative estimate of drug-likeness (QED) is 0.0473. The molecule has 2 aliphatic carbocycles. The normalized spacial score (nSPS) is 44.5. The number of hydrogen-bond donors (Lipinski definition) is 6. The molecule has 0 aromatic carbocycles. The number of likely N-dealkylation sites (N-methyl/N-ethyl adjacent to an activating group) is 1. The lowest BCUT2D eigenvalue weighted by atomic mass is 9.72. The predicted octanol–water partition coefficient (Wildman–Crippen LogP) is -0.240. The number of aliphatic hydroxyl groups is 5. The Morgan fingerprint density at radius 1 is 0.784 bits per heavy atom. The first-order chi connectivity index (χ1) is 24.5. The molecule has 0 radical (unpaired) electrons. The van der Waals surface area contributed by atoms with Crippen molar-refractivity contribution in [3.63, 3.8) is 0 Å². The zero-order chi connectivity index (χ0) is 37.0. The Labute approximate surface area is 290 Å². The second-order valence-corrected chi connectivity index (χ2v) is 13.5. The van der Waals surface area contributed by atoms with Gasteiger partial charge in [0.25, 0.3) is 0 Å². The number of azide groups is 4. The second-order valence-electron chi connectivity index (χ2n) is 13.5. The van der Waals surface area contributed by atoms with Crippen LogP contribution in [0.5, 0.6) is 0 Å². The number of aliphatic hydroxyl groups excluding tert-OH is 5. The standard InChI is InChI=1S/C27H43N14O10/c1-41(2)27(5-6-27)15-4-3-10(33-37-29)22(49-15)16-11(34-38-30)7-12(35-39-31)18(43)24(16)51-26-21(46)23(14(9-42)48-26)50-25-17(36-40-32)20(45)19(44)13(8-28)47-25/h10-26,42-46H,1,3-9,28H2,2H3/q+1/t10?,11?,12?,13-,14+,15-,16?,17?,18-,19+,20+,21+,22-,23+,24-,25+,26-/m0/s1. The highest BCUT2D eigenvalue weighted by Gasteiger charge is 2.62. The summed E-state index contributed by atoms with van der Waals surface area (Å²) in [6, 6.07) is -4.52. The van der Waals surface area contributed by atoms with Gasteiger partial charge in [0.1, 0.15) is 56.4 Å². The smallest absolute Gasteiger partial charge is 0.187 e. The van der Waals surface area contributed by atoms with E-state index in [4.69, 9.17) is 34.9 Å². The maximum atomic E-state index is 11.6. The summed E-state index contributed by atoms with van der Waals surface area (Å²) in [6.45, 7) is 3.07. The van der Waals surface area contributed by atoms with E-state index < -0.39 is 110 Å². The van der Waals surface area contributed by atoms with Crippen LogP contribution in [0.15, 0.2) is 20.5 Å². The minimum absolute atomic E-state index is 0.122. The molecule has 7 N–H and O–H groups in total. The molecule has 0 aromatic rings. The number of rotatable bonds is 13. The number of ether oxygens (including phenoxy) is 5. The van der Waals surface area contributed by atoms with E-state index in [9.17, 15) is 42.1 Å². The minimum atomic E-state index is -1.74. The van der Waals surface area contributed by atoms with Gasteiger partial charge in [-0.25, -0.2) is 4.58 Å². The second kappa shape index (κ2) is 16.4. The Balaban J connectivity index is 1.47. The van der Waals surface area contributed by atoms with Crippen LogP contribution in [0.25, 0.3) is 41.8 Å². The molecule has 0 bridgehead atoms. The van der Waals surface area contributed by atoms with Crippen molar-refractivity contribution in [2.45, 2.75) is 135 Å². The Bertz CT molecular complexity index is 1470. The molecule has 0 amide bonds. The van der Waals surface area contributed by atoms with E-state index >= 15 is 0 Å². The van der Waals surface area contributed by atoms with Gasteiger partial charge < -0.3 is 55.0 Å². The highest BCUT2D eigenvalue weighted by Crippen LogP contribution is 2.49. The number of nitrogens with zero attached hydrogens (tertiary/aromatic N) is 13. The Kier molecular flexibility index (Phi) is 12.5. The molecular formula is C27H43N14O10+. The summed E-state index contributed by atoms with van der Waals surface area (Å²) in [4.78, 5) is 11.5. The van der Waals surface area contributed by atoms with Crippen LogP contribution < -0.4 is 5.73 Å². The maximum Gasteiger partial charge on any atom is 0.187 e. The molecule has 24 heteroatoms. The largest absolute Gasteiger partial charge is 0.394 e. The monoisotopic (exact) mass is 723 g/mol. The van der Waals surface area contributed by atoms with E-state index in [1.165, 1.54) is 0 Å². The molecule has 5 unspecified atom stereocenters. The lowest BCUT2D eigenvalue weighted by molar-refractivity contribution is -0.561. The van der Waals surface area contributed by atoms with Crippen LogP contribution in [0.4, 0.5) is 0 Å². The summed E-state index contributed by atoms with van der Waals surface area (Å²) >= 11 is 0. The van der Waals surface area contributed by atoms with Crippen LogP contribution in [-0.4, -0.2) is 160 Å². The number of hydrogen-bond acceptors (Lipinski definition) is 15. The zero-order valence-corrected chi connectivity index (χ0v) is 27.6. The molecule has 280 valence electrons. The molecule has 5 aliphatic rings. The average Bonchev–Trinajstić information content (AvgIpc) is 3.88. The SMILES string of the molecule is C=[N+](C)C1([C@@H]2CCC(N=[N+]=[N-])[C@@H](C3C(N=[N+]=[N-])CC(N=[N+]=[N-])[C@H](O)[C@H]3O[C@@H]3O[C@H](CO)[C@@H](O[C@H]4O[C@@H](CN)[C@@H](O)[C@H](O)C4N=[N+]=[N-])[C@H]3O)O2)CC1. The molecule has 17 atom stereocenters. The maximum absolute atomic E-state index is 11.6. The molecular weight excluding hydrogens is 680 g/mol. The van der Waals surface area contributed by atoms with E-state index in [-0.39, 0.29) is 19.1 Å². The van der Waals surface area contributed by atoms with E-state index in [2.05, 4.69) is 46.8 Å². The molecule has 2 saturated carbocycles. The van der Waals surface area contributed by atoms with Crippen molar-refractivity contribution in [3.05, 3.63) is 41.8 Å². The molecule has 3 aliphatic heterocycles. The Morgan fingerprint density at radius 2 is 1.39 bits per heavy atom. The fourth-order valence-corrected chi connectivity index (χ4v) is 7.85. The topological polar surface area (TPSA) is 371 Å². The molecule has 51 heavy (non-hydrogen) atoms. The third kappa shape index (κ3) is 7.53. The highest BCUT2D eigenvalue weighted by atomic mass is 16.7. The van der Waals surface area contributed by atoms with E-state index in [0.717, 1.165) is 12.8 Å². The van der Waals surface area contributed by atoms with Crippen LogP contribution in [0.3, 0.4) is 0 Å². The van der Waals surface area contributed by atoms with E-state index in [0.29, 0.717) is 12.8 Å². The molecule has 24 nitrogen and oxygen atoms in total. The van der Waals surface area contributed by atoms with E-state index in [1.807, 2.05) is 11.6 Å². The van der Waals surface area contributed by atoms with Gasteiger partial charge in [-0.05, 0) is 41.4 Å². The van der Waals surface area contributed by atoms with Crippen molar-refractivity contribution in [3.8, 4) is 0 Å². The summed E-state index contributed by atoms with van der Waals surface area (Å²) in [7, 11) is 1.83. The fraction of sp³-hybridized carbons (Fsp3) is 0.963. The van der Waals surface area contributed by atoms with Crippen molar-refractivity contribution < 1.29 is 53.8 Å².